The van der Waals surface area contributed by atoms with Crippen molar-refractivity contribution in [3.05, 3.63) is 54.6 Å². The first-order valence-electron chi connectivity index (χ1n) is 12.1. The van der Waals surface area contributed by atoms with E-state index in [1.165, 1.54) is 10.8 Å². The van der Waals surface area contributed by atoms with Gasteiger partial charge in [0, 0.05) is 31.7 Å². The van der Waals surface area contributed by atoms with Gasteiger partial charge in [0.1, 0.15) is 5.82 Å². The molecule has 2 aliphatic rings. The third-order valence-electron chi connectivity index (χ3n) is 6.61. The molecule has 2 aliphatic heterocycles. The Kier molecular flexibility index (Phi) is 5.51. The van der Waals surface area contributed by atoms with Gasteiger partial charge >= 0.3 is 0 Å². The number of nitrogens with zero attached hydrogens (tertiary/aromatic N) is 5. The standard InChI is InChI=1S/C27H29N5O2/c1-18-16-32(17-19(2)34-18)27-29-25-23(26(30-27)31-12-14-33-15-13-31)10-11-24(28-25)22-9-5-7-20-6-3-4-8-21(20)22/h3-11,18-19H,12-17H2,1-2H3. The summed E-state index contributed by atoms with van der Waals surface area (Å²) in [5.41, 5.74) is 2.76. The van der Waals surface area contributed by atoms with Crippen LogP contribution in [0.25, 0.3) is 33.1 Å². The molecular weight excluding hydrogens is 426 g/mol. The van der Waals surface area contributed by atoms with E-state index in [9.17, 15) is 0 Å². The Hall–Kier alpha value is -3.29. The molecule has 7 nitrogen and oxygen atoms in total. The van der Waals surface area contributed by atoms with Crippen molar-refractivity contribution in [3.8, 4) is 11.3 Å². The van der Waals surface area contributed by atoms with Crippen molar-refractivity contribution < 1.29 is 9.47 Å². The molecule has 4 heterocycles. The van der Waals surface area contributed by atoms with Gasteiger partial charge in [-0.1, -0.05) is 42.5 Å². The van der Waals surface area contributed by atoms with Crippen LogP contribution in [0.2, 0.25) is 0 Å². The average molecular weight is 456 g/mol. The maximum Gasteiger partial charge on any atom is 0.229 e. The number of pyridine rings is 1. The van der Waals surface area contributed by atoms with Crippen molar-refractivity contribution in [1.82, 2.24) is 15.0 Å². The molecule has 2 fully saturated rings. The zero-order chi connectivity index (χ0) is 23.1. The number of fused-ring (bicyclic) bond motifs is 2. The summed E-state index contributed by atoms with van der Waals surface area (Å²) >= 11 is 0. The Balaban J connectivity index is 1.50. The summed E-state index contributed by atoms with van der Waals surface area (Å²) in [4.78, 5) is 19.6. The fourth-order valence-corrected chi connectivity index (χ4v) is 5.08. The minimum absolute atomic E-state index is 0.130. The van der Waals surface area contributed by atoms with Crippen LogP contribution in [0.5, 0.6) is 0 Å². The van der Waals surface area contributed by atoms with Crippen LogP contribution in [0.3, 0.4) is 0 Å². The Bertz CT molecular complexity index is 1320. The van der Waals surface area contributed by atoms with E-state index < -0.39 is 0 Å². The predicted molar refractivity (Wildman–Crippen MR) is 136 cm³/mol. The molecule has 7 heteroatoms. The van der Waals surface area contributed by atoms with E-state index in [0.29, 0.717) is 13.2 Å². The zero-order valence-electron chi connectivity index (χ0n) is 19.6. The van der Waals surface area contributed by atoms with E-state index in [4.69, 9.17) is 24.4 Å². The monoisotopic (exact) mass is 455 g/mol. The molecule has 0 radical (unpaired) electrons. The van der Waals surface area contributed by atoms with Gasteiger partial charge in [-0.05, 0) is 36.8 Å². The summed E-state index contributed by atoms with van der Waals surface area (Å²) in [5, 5.41) is 3.37. The lowest BCUT2D eigenvalue weighted by molar-refractivity contribution is -0.00570. The van der Waals surface area contributed by atoms with Gasteiger partial charge < -0.3 is 19.3 Å². The van der Waals surface area contributed by atoms with E-state index in [0.717, 1.165) is 60.2 Å². The van der Waals surface area contributed by atoms with Crippen molar-refractivity contribution >= 4 is 33.6 Å². The van der Waals surface area contributed by atoms with Crippen LogP contribution in [0.15, 0.2) is 54.6 Å². The molecule has 174 valence electrons. The van der Waals surface area contributed by atoms with Crippen LogP contribution in [0.4, 0.5) is 11.8 Å². The molecule has 2 saturated heterocycles. The number of aromatic nitrogens is 3. The first-order chi connectivity index (χ1) is 16.7. The van der Waals surface area contributed by atoms with Gasteiger partial charge in [-0.25, -0.2) is 4.98 Å². The molecule has 6 rings (SSSR count). The fourth-order valence-electron chi connectivity index (χ4n) is 5.08. The number of anilines is 2. The molecule has 0 aliphatic carbocycles. The summed E-state index contributed by atoms with van der Waals surface area (Å²) in [6, 6.07) is 19.0. The Morgan fingerprint density at radius 2 is 1.53 bits per heavy atom. The molecule has 0 saturated carbocycles. The average Bonchev–Trinajstić information content (AvgIpc) is 2.87. The maximum atomic E-state index is 5.95. The van der Waals surface area contributed by atoms with Gasteiger partial charge in [-0.2, -0.15) is 9.97 Å². The van der Waals surface area contributed by atoms with Crippen LogP contribution in [0.1, 0.15) is 13.8 Å². The quantitative estimate of drug-likeness (QED) is 0.456. The number of benzene rings is 2. The van der Waals surface area contributed by atoms with Gasteiger partial charge in [0.05, 0.1) is 36.5 Å². The van der Waals surface area contributed by atoms with Crippen LogP contribution in [-0.2, 0) is 9.47 Å². The highest BCUT2D eigenvalue weighted by molar-refractivity contribution is 5.97. The van der Waals surface area contributed by atoms with Crippen molar-refractivity contribution in [2.45, 2.75) is 26.1 Å². The van der Waals surface area contributed by atoms with Crippen LogP contribution < -0.4 is 9.80 Å². The van der Waals surface area contributed by atoms with E-state index in [2.05, 4.69) is 78.2 Å². The molecular formula is C27H29N5O2. The smallest absolute Gasteiger partial charge is 0.229 e. The molecule has 0 spiro atoms. The summed E-state index contributed by atoms with van der Waals surface area (Å²) < 4.78 is 11.5. The highest BCUT2D eigenvalue weighted by Gasteiger charge is 2.26. The second kappa shape index (κ2) is 8.81. The molecule has 34 heavy (non-hydrogen) atoms. The predicted octanol–water partition coefficient (Wildman–Crippen LogP) is 4.30. The van der Waals surface area contributed by atoms with E-state index in [1.54, 1.807) is 0 Å². The molecule has 2 aromatic heterocycles. The van der Waals surface area contributed by atoms with Crippen molar-refractivity contribution in [2.75, 3.05) is 49.2 Å². The topological polar surface area (TPSA) is 63.6 Å². The lowest BCUT2D eigenvalue weighted by Gasteiger charge is -2.36. The molecule has 0 bridgehead atoms. The molecule has 2 atom stereocenters. The molecule has 4 aromatic rings. The third kappa shape index (κ3) is 3.95. The Morgan fingerprint density at radius 1 is 0.765 bits per heavy atom. The lowest BCUT2D eigenvalue weighted by atomic mass is 10.0. The normalized spacial score (nSPS) is 21.4. The summed E-state index contributed by atoms with van der Waals surface area (Å²) in [5.74, 6) is 1.66. The lowest BCUT2D eigenvalue weighted by Crippen LogP contribution is -2.46. The highest BCUT2D eigenvalue weighted by atomic mass is 16.5. The van der Waals surface area contributed by atoms with Gasteiger partial charge in [-0.3, -0.25) is 0 Å². The van der Waals surface area contributed by atoms with Crippen LogP contribution >= 0.6 is 0 Å². The largest absolute Gasteiger partial charge is 0.378 e. The van der Waals surface area contributed by atoms with Crippen molar-refractivity contribution in [1.29, 1.82) is 0 Å². The first kappa shape index (κ1) is 21.3. The second-order valence-electron chi connectivity index (χ2n) is 9.20. The maximum absolute atomic E-state index is 5.95. The Morgan fingerprint density at radius 3 is 2.35 bits per heavy atom. The van der Waals surface area contributed by atoms with Crippen LogP contribution in [0, 0.1) is 0 Å². The van der Waals surface area contributed by atoms with Crippen LogP contribution in [-0.4, -0.2) is 66.6 Å². The van der Waals surface area contributed by atoms with Gasteiger partial charge in [0.25, 0.3) is 0 Å². The minimum Gasteiger partial charge on any atom is -0.378 e. The summed E-state index contributed by atoms with van der Waals surface area (Å²) in [6.45, 7) is 8.76. The summed E-state index contributed by atoms with van der Waals surface area (Å²) in [7, 11) is 0. The fraction of sp³-hybridized carbons (Fsp3) is 0.370. The number of morpholine rings is 2. The van der Waals surface area contributed by atoms with Crippen molar-refractivity contribution in [2.24, 2.45) is 0 Å². The minimum atomic E-state index is 0.130. The number of ether oxygens (including phenoxy) is 2. The third-order valence-corrected chi connectivity index (χ3v) is 6.61. The molecule has 0 N–H and O–H groups in total. The first-order valence-corrected chi connectivity index (χ1v) is 12.1. The van der Waals surface area contributed by atoms with Gasteiger partial charge in [0.2, 0.25) is 5.95 Å². The molecule has 2 unspecified atom stereocenters. The Labute approximate surface area is 199 Å². The number of rotatable bonds is 3. The number of hydrogen-bond acceptors (Lipinski definition) is 7. The van der Waals surface area contributed by atoms with E-state index >= 15 is 0 Å². The second-order valence-corrected chi connectivity index (χ2v) is 9.20. The molecule has 2 aromatic carbocycles. The van der Waals surface area contributed by atoms with Gasteiger partial charge in [0.15, 0.2) is 5.65 Å². The van der Waals surface area contributed by atoms with E-state index in [1.807, 2.05) is 0 Å². The van der Waals surface area contributed by atoms with E-state index in [-0.39, 0.29) is 12.2 Å². The SMILES string of the molecule is CC1CN(c2nc(N3CCOCC3)c3ccc(-c4cccc5ccccc45)nc3n2)CC(C)O1. The highest BCUT2D eigenvalue weighted by Crippen LogP contribution is 2.32. The number of hydrogen-bond donors (Lipinski definition) is 0. The van der Waals surface area contributed by atoms with Crippen molar-refractivity contribution in [3.63, 3.8) is 0 Å². The van der Waals surface area contributed by atoms with Gasteiger partial charge in [-0.15, -0.1) is 0 Å². The zero-order valence-corrected chi connectivity index (χ0v) is 19.6. The summed E-state index contributed by atoms with van der Waals surface area (Å²) in [6.07, 6.45) is 0.259. The molecule has 0 amide bonds.